The average molecular weight is 225 g/mol. The van der Waals surface area contributed by atoms with Crippen molar-refractivity contribution in [2.24, 2.45) is 0 Å². The summed E-state index contributed by atoms with van der Waals surface area (Å²) in [6.45, 7) is 0. The van der Waals surface area contributed by atoms with E-state index in [-0.39, 0.29) is 0 Å². The van der Waals surface area contributed by atoms with Crippen LogP contribution in [0.1, 0.15) is 0 Å². The SMILES string of the molecule is CNc1nccc(-c2coc3ccccc23)n1. The van der Waals surface area contributed by atoms with Gasteiger partial charge in [-0.05, 0) is 12.1 Å². The summed E-state index contributed by atoms with van der Waals surface area (Å²) in [5.41, 5.74) is 2.71. The molecule has 0 aliphatic rings. The molecular weight excluding hydrogens is 214 g/mol. The van der Waals surface area contributed by atoms with Crippen LogP contribution in [0, 0.1) is 0 Å². The Kier molecular flexibility index (Phi) is 2.26. The van der Waals surface area contributed by atoms with Crippen LogP contribution in [0.3, 0.4) is 0 Å². The van der Waals surface area contributed by atoms with Crippen LogP contribution in [0.25, 0.3) is 22.2 Å². The van der Waals surface area contributed by atoms with Gasteiger partial charge in [0.05, 0.1) is 5.69 Å². The van der Waals surface area contributed by atoms with Crippen molar-refractivity contribution >= 4 is 16.9 Å². The minimum absolute atomic E-state index is 0.604. The maximum absolute atomic E-state index is 5.50. The summed E-state index contributed by atoms with van der Waals surface area (Å²) < 4.78 is 5.50. The van der Waals surface area contributed by atoms with Crippen molar-refractivity contribution in [1.29, 1.82) is 0 Å². The minimum Gasteiger partial charge on any atom is -0.464 e. The standard InChI is InChI=1S/C13H11N3O/c1-14-13-15-7-6-11(16-13)10-8-17-12-5-3-2-4-9(10)12/h2-8H,1H3,(H,14,15,16). The summed E-state index contributed by atoms with van der Waals surface area (Å²) in [7, 11) is 1.80. The van der Waals surface area contributed by atoms with E-state index in [0.717, 1.165) is 22.2 Å². The van der Waals surface area contributed by atoms with Gasteiger partial charge < -0.3 is 9.73 Å². The number of nitrogens with one attached hydrogen (secondary N) is 1. The van der Waals surface area contributed by atoms with Crippen molar-refractivity contribution in [3.8, 4) is 11.3 Å². The Morgan fingerprint density at radius 3 is 2.94 bits per heavy atom. The van der Waals surface area contributed by atoms with Gasteiger partial charge >= 0.3 is 0 Å². The highest BCUT2D eigenvalue weighted by molar-refractivity contribution is 5.92. The molecule has 0 fully saturated rings. The highest BCUT2D eigenvalue weighted by Crippen LogP contribution is 2.29. The number of benzene rings is 1. The van der Waals surface area contributed by atoms with E-state index in [4.69, 9.17) is 4.42 Å². The van der Waals surface area contributed by atoms with Crippen molar-refractivity contribution in [3.05, 3.63) is 42.8 Å². The molecule has 4 heteroatoms. The molecule has 0 aliphatic carbocycles. The molecule has 84 valence electrons. The van der Waals surface area contributed by atoms with E-state index in [1.807, 2.05) is 30.3 Å². The van der Waals surface area contributed by atoms with Crippen molar-refractivity contribution in [1.82, 2.24) is 9.97 Å². The topological polar surface area (TPSA) is 51.0 Å². The number of para-hydroxylation sites is 1. The summed E-state index contributed by atoms with van der Waals surface area (Å²) in [5.74, 6) is 0.604. The van der Waals surface area contributed by atoms with Crippen LogP contribution < -0.4 is 5.32 Å². The molecule has 0 atom stereocenters. The first-order valence-corrected chi connectivity index (χ1v) is 5.36. The molecule has 2 aromatic heterocycles. The molecule has 1 aromatic carbocycles. The first kappa shape index (κ1) is 9.84. The van der Waals surface area contributed by atoms with Crippen LogP contribution in [-0.2, 0) is 0 Å². The van der Waals surface area contributed by atoms with Gasteiger partial charge in [-0.3, -0.25) is 0 Å². The zero-order valence-electron chi connectivity index (χ0n) is 9.34. The molecule has 0 bridgehead atoms. The van der Waals surface area contributed by atoms with Crippen LogP contribution in [0.15, 0.2) is 47.2 Å². The van der Waals surface area contributed by atoms with Gasteiger partial charge in [0.25, 0.3) is 0 Å². The maximum Gasteiger partial charge on any atom is 0.222 e. The molecule has 0 spiro atoms. The first-order chi connectivity index (χ1) is 8.38. The van der Waals surface area contributed by atoms with Crippen molar-refractivity contribution in [2.45, 2.75) is 0 Å². The molecule has 3 rings (SSSR count). The molecule has 0 radical (unpaired) electrons. The Balaban J connectivity index is 2.20. The first-order valence-electron chi connectivity index (χ1n) is 5.36. The van der Waals surface area contributed by atoms with Gasteiger partial charge in [-0.2, -0.15) is 0 Å². The molecule has 4 nitrogen and oxygen atoms in total. The number of furan rings is 1. The van der Waals surface area contributed by atoms with Gasteiger partial charge in [-0.1, -0.05) is 18.2 Å². The van der Waals surface area contributed by atoms with Crippen LogP contribution >= 0.6 is 0 Å². The lowest BCUT2D eigenvalue weighted by molar-refractivity contribution is 0.617. The van der Waals surface area contributed by atoms with Crippen molar-refractivity contribution in [3.63, 3.8) is 0 Å². The second-order valence-electron chi connectivity index (χ2n) is 3.66. The molecular formula is C13H11N3O. The van der Waals surface area contributed by atoms with Crippen LogP contribution in [0.5, 0.6) is 0 Å². The summed E-state index contributed by atoms with van der Waals surface area (Å²) in [6.07, 6.45) is 3.46. The van der Waals surface area contributed by atoms with Crippen LogP contribution in [0.4, 0.5) is 5.95 Å². The van der Waals surface area contributed by atoms with Crippen molar-refractivity contribution in [2.75, 3.05) is 12.4 Å². The van der Waals surface area contributed by atoms with E-state index in [1.54, 1.807) is 19.5 Å². The molecule has 0 saturated heterocycles. The number of anilines is 1. The Morgan fingerprint density at radius 1 is 1.18 bits per heavy atom. The molecule has 2 heterocycles. The van der Waals surface area contributed by atoms with Gasteiger partial charge in [0.15, 0.2) is 0 Å². The number of hydrogen-bond acceptors (Lipinski definition) is 4. The van der Waals surface area contributed by atoms with Crippen molar-refractivity contribution < 1.29 is 4.42 Å². The van der Waals surface area contributed by atoms with E-state index in [1.165, 1.54) is 0 Å². The molecule has 0 unspecified atom stereocenters. The van der Waals surface area contributed by atoms with Gasteiger partial charge in [0.1, 0.15) is 11.8 Å². The highest BCUT2D eigenvalue weighted by Gasteiger charge is 2.09. The smallest absolute Gasteiger partial charge is 0.222 e. The van der Waals surface area contributed by atoms with Gasteiger partial charge in [-0.15, -0.1) is 0 Å². The quantitative estimate of drug-likeness (QED) is 0.728. The zero-order valence-corrected chi connectivity index (χ0v) is 9.34. The fourth-order valence-corrected chi connectivity index (χ4v) is 1.81. The third-order valence-corrected chi connectivity index (χ3v) is 2.64. The molecule has 0 saturated carbocycles. The summed E-state index contributed by atoms with van der Waals surface area (Å²) >= 11 is 0. The predicted molar refractivity (Wildman–Crippen MR) is 66.8 cm³/mol. The van der Waals surface area contributed by atoms with Gasteiger partial charge in [0.2, 0.25) is 5.95 Å². The number of aromatic nitrogens is 2. The lowest BCUT2D eigenvalue weighted by Crippen LogP contribution is -1.96. The number of rotatable bonds is 2. The number of fused-ring (bicyclic) bond motifs is 1. The molecule has 3 aromatic rings. The summed E-state index contributed by atoms with van der Waals surface area (Å²) in [6, 6.07) is 9.78. The second-order valence-corrected chi connectivity index (χ2v) is 3.66. The normalized spacial score (nSPS) is 10.6. The Labute approximate surface area is 98.3 Å². The summed E-state index contributed by atoms with van der Waals surface area (Å²) in [5, 5.41) is 3.99. The van der Waals surface area contributed by atoms with E-state index >= 15 is 0 Å². The maximum atomic E-state index is 5.50. The molecule has 1 N–H and O–H groups in total. The lowest BCUT2D eigenvalue weighted by Gasteiger charge is -2.00. The van der Waals surface area contributed by atoms with Gasteiger partial charge in [-0.25, -0.2) is 9.97 Å². The van der Waals surface area contributed by atoms with Crippen LogP contribution in [0.2, 0.25) is 0 Å². The monoisotopic (exact) mass is 225 g/mol. The Morgan fingerprint density at radius 2 is 2.06 bits per heavy atom. The number of hydrogen-bond donors (Lipinski definition) is 1. The highest BCUT2D eigenvalue weighted by atomic mass is 16.3. The van der Waals surface area contributed by atoms with E-state index in [2.05, 4.69) is 15.3 Å². The third-order valence-electron chi connectivity index (χ3n) is 2.64. The average Bonchev–Trinajstić information content (AvgIpc) is 2.82. The van der Waals surface area contributed by atoms with Crippen LogP contribution in [-0.4, -0.2) is 17.0 Å². The largest absolute Gasteiger partial charge is 0.464 e. The fourth-order valence-electron chi connectivity index (χ4n) is 1.81. The Bertz CT molecular complexity index is 660. The van der Waals surface area contributed by atoms with E-state index < -0.39 is 0 Å². The van der Waals surface area contributed by atoms with Gasteiger partial charge in [0, 0.05) is 24.2 Å². The predicted octanol–water partition coefficient (Wildman–Crippen LogP) is 2.93. The fraction of sp³-hybridized carbons (Fsp3) is 0.0769. The minimum atomic E-state index is 0.604. The molecule has 0 aliphatic heterocycles. The molecule has 17 heavy (non-hydrogen) atoms. The number of nitrogens with zero attached hydrogens (tertiary/aromatic N) is 2. The molecule has 0 amide bonds. The second kappa shape index (κ2) is 3.90. The summed E-state index contributed by atoms with van der Waals surface area (Å²) in [4.78, 5) is 8.50. The van der Waals surface area contributed by atoms with E-state index in [9.17, 15) is 0 Å². The third kappa shape index (κ3) is 1.63. The zero-order chi connectivity index (χ0) is 11.7. The lowest BCUT2D eigenvalue weighted by atomic mass is 10.1. The Hall–Kier alpha value is -2.36. The van der Waals surface area contributed by atoms with E-state index in [0.29, 0.717) is 5.95 Å².